The Labute approximate surface area is 233 Å². The first-order chi connectivity index (χ1) is 18.1. The Kier molecular flexibility index (Phi) is 29.1. The Hall–Kier alpha value is -0.830. The highest BCUT2D eigenvalue weighted by atomic mass is 16.3. The van der Waals surface area contributed by atoms with Crippen LogP contribution >= 0.6 is 0 Å². The summed E-state index contributed by atoms with van der Waals surface area (Å²) in [6, 6.07) is -0.219. The van der Waals surface area contributed by atoms with E-state index in [9.17, 15) is 9.90 Å². The van der Waals surface area contributed by atoms with Crippen molar-refractivity contribution < 1.29 is 9.90 Å². The monoisotopic (exact) mass is 522 g/mol. The molecule has 0 aliphatic carbocycles. The highest BCUT2D eigenvalue weighted by Crippen LogP contribution is 2.14. The van der Waals surface area contributed by atoms with Gasteiger partial charge in [-0.15, -0.1) is 0 Å². The lowest BCUT2D eigenvalue weighted by atomic mass is 10.0. The van der Waals surface area contributed by atoms with Gasteiger partial charge in [0.05, 0.1) is 12.1 Å². The van der Waals surface area contributed by atoms with E-state index in [2.05, 4.69) is 25.2 Å². The number of unbranched alkanes of at least 4 members (excludes halogenated alkanes) is 23. The zero-order valence-electron chi connectivity index (χ0n) is 25.5. The summed E-state index contributed by atoms with van der Waals surface area (Å²) in [5, 5.41) is 13.3. The molecule has 1 amide bonds. The largest absolute Gasteiger partial charge is 0.387 e. The van der Waals surface area contributed by atoms with E-state index in [0.717, 1.165) is 19.3 Å². The molecular formula is C34H67NO2. The number of aliphatic hydroxyl groups is 1. The maximum Gasteiger partial charge on any atom is 0.220 e. The molecule has 0 aliphatic heterocycles. The first-order valence-corrected chi connectivity index (χ1v) is 16.8. The van der Waals surface area contributed by atoms with Crippen LogP contribution in [0.4, 0.5) is 0 Å². The molecular weight excluding hydrogens is 454 g/mol. The van der Waals surface area contributed by atoms with Crippen molar-refractivity contribution >= 4 is 5.91 Å². The van der Waals surface area contributed by atoms with Gasteiger partial charge in [0, 0.05) is 6.42 Å². The van der Waals surface area contributed by atoms with E-state index in [1.54, 1.807) is 0 Å². The van der Waals surface area contributed by atoms with Crippen LogP contribution in [-0.4, -0.2) is 23.2 Å². The normalized spacial score (nSPS) is 13.3. The molecule has 0 saturated heterocycles. The van der Waals surface area contributed by atoms with Crippen molar-refractivity contribution in [2.24, 2.45) is 0 Å². The van der Waals surface area contributed by atoms with Gasteiger partial charge < -0.3 is 10.4 Å². The second kappa shape index (κ2) is 29.7. The molecule has 37 heavy (non-hydrogen) atoms. The summed E-state index contributed by atoms with van der Waals surface area (Å²) in [4.78, 5) is 12.2. The molecule has 0 spiro atoms. The summed E-state index contributed by atoms with van der Waals surface area (Å²) in [5.41, 5.74) is 0. The van der Waals surface area contributed by atoms with Gasteiger partial charge >= 0.3 is 0 Å². The van der Waals surface area contributed by atoms with Crippen LogP contribution in [0.5, 0.6) is 0 Å². The van der Waals surface area contributed by atoms with Crippen molar-refractivity contribution in [3.8, 4) is 0 Å². The Bertz CT molecular complexity index is 490. The summed E-state index contributed by atoms with van der Waals surface area (Å²) in [6.45, 7) is 6.45. The molecule has 2 atom stereocenters. The van der Waals surface area contributed by atoms with E-state index >= 15 is 0 Å². The molecule has 0 aromatic carbocycles. The minimum Gasteiger partial charge on any atom is -0.387 e. The van der Waals surface area contributed by atoms with Crippen LogP contribution in [0.3, 0.4) is 0 Å². The Morgan fingerprint density at radius 3 is 1.35 bits per heavy atom. The van der Waals surface area contributed by atoms with Crippen LogP contribution in [0, 0.1) is 0 Å². The van der Waals surface area contributed by atoms with Crippen molar-refractivity contribution in [1.82, 2.24) is 5.32 Å². The second-order valence-electron chi connectivity index (χ2n) is 11.6. The van der Waals surface area contributed by atoms with Crippen LogP contribution in [-0.2, 0) is 4.79 Å². The van der Waals surface area contributed by atoms with Gasteiger partial charge in [0.2, 0.25) is 5.91 Å². The number of amides is 1. The Morgan fingerprint density at radius 1 is 0.595 bits per heavy atom. The molecule has 0 aromatic heterocycles. The summed E-state index contributed by atoms with van der Waals surface area (Å²) in [5.74, 6) is 0.0772. The molecule has 2 N–H and O–H groups in total. The van der Waals surface area contributed by atoms with E-state index in [0.29, 0.717) is 6.42 Å². The molecule has 2 unspecified atom stereocenters. The molecule has 0 radical (unpaired) electrons. The quantitative estimate of drug-likeness (QED) is 0.0759. The van der Waals surface area contributed by atoms with Gasteiger partial charge in [-0.25, -0.2) is 0 Å². The maximum atomic E-state index is 12.2. The maximum absolute atomic E-state index is 12.2. The van der Waals surface area contributed by atoms with Gasteiger partial charge in [0.25, 0.3) is 0 Å². The Morgan fingerprint density at radius 2 is 0.946 bits per heavy atom. The van der Waals surface area contributed by atoms with Crippen LogP contribution in [0.2, 0.25) is 0 Å². The molecule has 0 saturated carbocycles. The summed E-state index contributed by atoms with van der Waals surface area (Å²) >= 11 is 0. The van der Waals surface area contributed by atoms with Crippen LogP contribution in [0.25, 0.3) is 0 Å². The van der Waals surface area contributed by atoms with E-state index < -0.39 is 6.10 Å². The predicted octanol–water partition coefficient (Wildman–Crippen LogP) is 10.6. The van der Waals surface area contributed by atoms with Crippen molar-refractivity contribution in [2.45, 2.75) is 200 Å². The number of aliphatic hydroxyl groups excluding tert-OH is 1. The third kappa shape index (κ3) is 28.0. The third-order valence-electron chi connectivity index (χ3n) is 7.72. The Balaban J connectivity index is 3.50. The minimum absolute atomic E-state index is 0.0772. The van der Waals surface area contributed by atoms with Gasteiger partial charge in [-0.05, 0) is 26.2 Å². The average molecular weight is 522 g/mol. The van der Waals surface area contributed by atoms with Crippen LogP contribution < -0.4 is 5.32 Å². The topological polar surface area (TPSA) is 49.3 Å². The summed E-state index contributed by atoms with van der Waals surface area (Å²) < 4.78 is 0. The van der Waals surface area contributed by atoms with E-state index in [1.165, 1.54) is 141 Å². The lowest BCUT2D eigenvalue weighted by molar-refractivity contribution is -0.122. The highest BCUT2D eigenvalue weighted by molar-refractivity contribution is 5.76. The van der Waals surface area contributed by atoms with Crippen molar-refractivity contribution in [2.75, 3.05) is 0 Å². The SMILES string of the molecule is CCCCCCCCCCCCCC=CC(O)C(C)NC(=O)CCCCCCCCCCCCCCC. The number of hydrogen-bond acceptors (Lipinski definition) is 2. The predicted molar refractivity (Wildman–Crippen MR) is 164 cm³/mol. The van der Waals surface area contributed by atoms with E-state index in [1.807, 2.05) is 13.0 Å². The first-order valence-electron chi connectivity index (χ1n) is 16.8. The number of nitrogens with one attached hydrogen (secondary N) is 1. The molecule has 220 valence electrons. The molecule has 0 fully saturated rings. The zero-order valence-corrected chi connectivity index (χ0v) is 25.5. The standard InChI is InChI=1S/C34H67NO2/c1-4-6-8-10-12-14-16-18-20-22-24-26-28-30-33(36)32(3)35-34(37)31-29-27-25-23-21-19-17-15-13-11-9-7-5-2/h28,30,32-33,36H,4-27,29,31H2,1-3H3,(H,35,37). The van der Waals surface area contributed by atoms with Gasteiger partial charge in [-0.1, -0.05) is 167 Å². The number of allylic oxidation sites excluding steroid dienone is 1. The van der Waals surface area contributed by atoms with Gasteiger partial charge in [-0.2, -0.15) is 0 Å². The first kappa shape index (κ1) is 36.2. The molecule has 3 nitrogen and oxygen atoms in total. The number of carbonyl (C=O) groups excluding carboxylic acids is 1. The molecule has 0 bridgehead atoms. The number of carbonyl (C=O) groups is 1. The van der Waals surface area contributed by atoms with Gasteiger partial charge in [0.15, 0.2) is 0 Å². The van der Waals surface area contributed by atoms with Gasteiger partial charge in [-0.3, -0.25) is 4.79 Å². The molecule has 0 heterocycles. The zero-order chi connectivity index (χ0) is 27.2. The highest BCUT2D eigenvalue weighted by Gasteiger charge is 2.13. The van der Waals surface area contributed by atoms with Crippen molar-refractivity contribution in [3.63, 3.8) is 0 Å². The minimum atomic E-state index is -0.594. The smallest absolute Gasteiger partial charge is 0.220 e. The third-order valence-corrected chi connectivity index (χ3v) is 7.72. The van der Waals surface area contributed by atoms with Gasteiger partial charge in [0.1, 0.15) is 0 Å². The number of rotatable bonds is 29. The average Bonchev–Trinajstić information content (AvgIpc) is 2.89. The summed E-state index contributed by atoms with van der Waals surface area (Å²) in [7, 11) is 0. The fourth-order valence-electron chi connectivity index (χ4n) is 5.04. The molecule has 0 aromatic rings. The van der Waals surface area contributed by atoms with Crippen molar-refractivity contribution in [1.29, 1.82) is 0 Å². The molecule has 3 heteroatoms. The fraction of sp³-hybridized carbons (Fsp3) is 0.912. The van der Waals surface area contributed by atoms with Crippen LogP contribution in [0.1, 0.15) is 188 Å². The number of hydrogen-bond donors (Lipinski definition) is 2. The molecule has 0 aliphatic rings. The lowest BCUT2D eigenvalue weighted by Crippen LogP contribution is -2.40. The fourth-order valence-corrected chi connectivity index (χ4v) is 5.04. The lowest BCUT2D eigenvalue weighted by Gasteiger charge is -2.17. The second-order valence-corrected chi connectivity index (χ2v) is 11.6. The van der Waals surface area contributed by atoms with Crippen LogP contribution in [0.15, 0.2) is 12.2 Å². The van der Waals surface area contributed by atoms with E-state index in [4.69, 9.17) is 0 Å². The summed E-state index contributed by atoms with van der Waals surface area (Å²) in [6.07, 6.45) is 37.0. The van der Waals surface area contributed by atoms with Crippen molar-refractivity contribution in [3.05, 3.63) is 12.2 Å². The van der Waals surface area contributed by atoms with E-state index in [-0.39, 0.29) is 11.9 Å². The molecule has 0 rings (SSSR count).